The highest BCUT2D eigenvalue weighted by atomic mass is 32.2. The van der Waals surface area contributed by atoms with Gasteiger partial charge in [0.15, 0.2) is 5.78 Å². The van der Waals surface area contributed by atoms with Gasteiger partial charge in [-0.05, 0) is 43.7 Å². The van der Waals surface area contributed by atoms with Gasteiger partial charge < -0.3 is 10.6 Å². The molecule has 4 aromatic rings. The molecule has 1 aliphatic heterocycles. The number of carbonyl (C=O) groups is 2. The van der Waals surface area contributed by atoms with Gasteiger partial charge in [-0.15, -0.1) is 5.10 Å². The Morgan fingerprint density at radius 2 is 1.70 bits per heavy atom. The number of thioether (sulfide) groups is 1. The lowest BCUT2D eigenvalue weighted by atomic mass is 9.95. The molecule has 0 fully saturated rings. The molecule has 2 heterocycles. The van der Waals surface area contributed by atoms with Crippen LogP contribution in [0.25, 0.3) is 0 Å². The fourth-order valence-corrected chi connectivity index (χ4v) is 4.84. The monoisotopic (exact) mass is 513 g/mol. The molecule has 0 spiro atoms. The van der Waals surface area contributed by atoms with Gasteiger partial charge in [-0.2, -0.15) is 4.98 Å². The van der Waals surface area contributed by atoms with E-state index in [1.165, 1.54) is 23.9 Å². The smallest absolute Gasteiger partial charge is 0.255 e. The van der Waals surface area contributed by atoms with Crippen LogP contribution in [0.3, 0.4) is 0 Å². The predicted octanol–water partition coefficient (Wildman–Crippen LogP) is 5.63. The van der Waals surface area contributed by atoms with Crippen molar-refractivity contribution in [3.8, 4) is 0 Å². The Balaban J connectivity index is 1.44. The van der Waals surface area contributed by atoms with Crippen LogP contribution in [0.15, 0.2) is 95.3 Å². The van der Waals surface area contributed by atoms with Crippen LogP contribution in [0.2, 0.25) is 0 Å². The van der Waals surface area contributed by atoms with Gasteiger partial charge in [-0.1, -0.05) is 71.9 Å². The number of para-hydroxylation sites is 1. The van der Waals surface area contributed by atoms with E-state index in [1.807, 2.05) is 37.3 Å². The fraction of sp³-hybridized carbons (Fsp3) is 0.143. The number of amides is 1. The van der Waals surface area contributed by atoms with Crippen molar-refractivity contribution < 1.29 is 14.0 Å². The molecule has 0 saturated carbocycles. The molecule has 5 rings (SSSR count). The van der Waals surface area contributed by atoms with E-state index in [2.05, 4.69) is 20.7 Å². The summed E-state index contributed by atoms with van der Waals surface area (Å²) in [6.45, 7) is 3.76. The average Bonchev–Trinajstić information content (AvgIpc) is 3.30. The number of anilines is 2. The predicted molar refractivity (Wildman–Crippen MR) is 142 cm³/mol. The van der Waals surface area contributed by atoms with Crippen LogP contribution in [-0.2, 0) is 4.79 Å². The van der Waals surface area contributed by atoms with Crippen molar-refractivity contribution >= 4 is 35.1 Å². The zero-order chi connectivity index (χ0) is 25.9. The van der Waals surface area contributed by atoms with E-state index in [1.54, 1.807) is 48.0 Å². The molecule has 1 amide bonds. The van der Waals surface area contributed by atoms with E-state index in [-0.39, 0.29) is 23.3 Å². The van der Waals surface area contributed by atoms with Crippen molar-refractivity contribution in [3.05, 3.63) is 113 Å². The van der Waals surface area contributed by atoms with Crippen LogP contribution in [0.5, 0.6) is 0 Å². The maximum absolute atomic E-state index is 13.7. The molecular formula is C28H24FN5O2S. The first-order chi connectivity index (χ1) is 17.9. The molecular weight excluding hydrogens is 489 g/mol. The Morgan fingerprint density at radius 3 is 2.41 bits per heavy atom. The maximum Gasteiger partial charge on any atom is 0.255 e. The molecule has 1 aromatic heterocycles. The Labute approximate surface area is 217 Å². The average molecular weight is 514 g/mol. The highest BCUT2D eigenvalue weighted by molar-refractivity contribution is 7.99. The van der Waals surface area contributed by atoms with Crippen LogP contribution < -0.4 is 10.6 Å². The normalized spacial score (nSPS) is 14.6. The van der Waals surface area contributed by atoms with Gasteiger partial charge in [-0.25, -0.2) is 9.07 Å². The SMILES string of the molecule is CC1=C(C(=O)Nc2ccccc2)[C@@H](c2ccc(F)cc2)n2nc(SCC(=O)c3ccc(C)cc3)nc2N1. The Morgan fingerprint density at radius 1 is 1.00 bits per heavy atom. The molecule has 7 nitrogen and oxygen atoms in total. The molecule has 0 aliphatic carbocycles. The number of ketones is 1. The minimum absolute atomic E-state index is 0.0296. The summed E-state index contributed by atoms with van der Waals surface area (Å²) >= 11 is 1.22. The minimum Gasteiger partial charge on any atom is -0.328 e. The van der Waals surface area contributed by atoms with E-state index in [0.29, 0.717) is 39.2 Å². The lowest BCUT2D eigenvalue weighted by Gasteiger charge is -2.28. The number of hydrogen-bond acceptors (Lipinski definition) is 6. The van der Waals surface area contributed by atoms with E-state index < -0.39 is 6.04 Å². The van der Waals surface area contributed by atoms with Crippen molar-refractivity contribution in [3.63, 3.8) is 0 Å². The van der Waals surface area contributed by atoms with Gasteiger partial charge in [0.1, 0.15) is 11.9 Å². The fourth-order valence-electron chi connectivity index (χ4n) is 4.11. The third-order valence-corrected chi connectivity index (χ3v) is 6.84. The number of aromatic nitrogens is 3. The van der Waals surface area contributed by atoms with Crippen molar-refractivity contribution in [1.29, 1.82) is 0 Å². The van der Waals surface area contributed by atoms with Crippen LogP contribution in [0.1, 0.15) is 34.5 Å². The number of halogens is 1. The van der Waals surface area contributed by atoms with Gasteiger partial charge in [0, 0.05) is 16.9 Å². The second-order valence-electron chi connectivity index (χ2n) is 8.68. The third-order valence-electron chi connectivity index (χ3n) is 6.00. The largest absolute Gasteiger partial charge is 0.328 e. The first-order valence-electron chi connectivity index (χ1n) is 11.7. The summed E-state index contributed by atoms with van der Waals surface area (Å²) in [5.74, 6) is -0.109. The molecule has 3 aromatic carbocycles. The van der Waals surface area contributed by atoms with Crippen LogP contribution in [0.4, 0.5) is 16.0 Å². The molecule has 0 unspecified atom stereocenters. The standard InChI is InChI=1S/C28H24FN5O2S/c1-17-8-10-19(11-9-17)23(35)16-37-28-32-27-30-18(2)24(26(36)31-22-6-4-3-5-7-22)25(34(27)33-28)20-12-14-21(29)15-13-20/h3-15,25H,16H2,1-2H3,(H,31,36)(H,30,32,33)/t25-/m1/s1. The molecule has 9 heteroatoms. The summed E-state index contributed by atoms with van der Waals surface area (Å²) < 4.78 is 15.3. The topological polar surface area (TPSA) is 88.9 Å². The van der Waals surface area contributed by atoms with Crippen molar-refractivity contribution in [2.75, 3.05) is 16.4 Å². The van der Waals surface area contributed by atoms with Gasteiger partial charge in [0.2, 0.25) is 11.1 Å². The lowest BCUT2D eigenvalue weighted by Crippen LogP contribution is -2.31. The van der Waals surface area contributed by atoms with Crippen molar-refractivity contribution in [2.24, 2.45) is 0 Å². The molecule has 1 aliphatic rings. The van der Waals surface area contributed by atoms with Gasteiger partial charge in [0.05, 0.1) is 11.3 Å². The summed E-state index contributed by atoms with van der Waals surface area (Å²) in [6, 6.07) is 21.9. The zero-order valence-corrected chi connectivity index (χ0v) is 21.1. The number of aryl methyl sites for hydroxylation is 1. The number of allylic oxidation sites excluding steroid dienone is 1. The van der Waals surface area contributed by atoms with Crippen LogP contribution in [-0.4, -0.2) is 32.2 Å². The number of rotatable bonds is 7. The molecule has 0 saturated heterocycles. The quantitative estimate of drug-likeness (QED) is 0.246. The number of carbonyl (C=O) groups excluding carboxylic acids is 2. The first-order valence-corrected chi connectivity index (χ1v) is 12.7. The molecule has 186 valence electrons. The number of nitrogens with one attached hydrogen (secondary N) is 2. The summed E-state index contributed by atoms with van der Waals surface area (Å²) in [7, 11) is 0. The second-order valence-corrected chi connectivity index (χ2v) is 9.62. The van der Waals surface area contributed by atoms with E-state index in [4.69, 9.17) is 0 Å². The van der Waals surface area contributed by atoms with Gasteiger partial charge in [0.25, 0.3) is 5.91 Å². The molecule has 37 heavy (non-hydrogen) atoms. The van der Waals surface area contributed by atoms with Gasteiger partial charge in [-0.3, -0.25) is 9.59 Å². The number of hydrogen-bond donors (Lipinski definition) is 2. The molecule has 0 bridgehead atoms. The van der Waals surface area contributed by atoms with E-state index >= 15 is 0 Å². The second kappa shape index (κ2) is 10.4. The zero-order valence-electron chi connectivity index (χ0n) is 20.2. The summed E-state index contributed by atoms with van der Waals surface area (Å²) in [6.07, 6.45) is 0. The summed E-state index contributed by atoms with van der Waals surface area (Å²) in [5.41, 5.74) is 4.08. The molecule has 0 radical (unpaired) electrons. The Bertz CT molecular complexity index is 1480. The number of nitrogens with zero attached hydrogens (tertiary/aromatic N) is 3. The lowest BCUT2D eigenvalue weighted by molar-refractivity contribution is -0.113. The molecule has 1 atom stereocenters. The number of benzene rings is 3. The highest BCUT2D eigenvalue weighted by Gasteiger charge is 2.34. The number of fused-ring (bicyclic) bond motifs is 1. The van der Waals surface area contributed by atoms with Crippen molar-refractivity contribution in [2.45, 2.75) is 25.0 Å². The Kier molecular flexibility index (Phi) is 6.87. The molecule has 2 N–H and O–H groups in total. The first kappa shape index (κ1) is 24.5. The maximum atomic E-state index is 13.7. The minimum atomic E-state index is -0.643. The number of Topliss-reactive ketones (excluding diaryl/α,β-unsaturated/α-hetero) is 1. The van der Waals surface area contributed by atoms with Crippen molar-refractivity contribution in [1.82, 2.24) is 14.8 Å². The summed E-state index contributed by atoms with van der Waals surface area (Å²) in [4.78, 5) is 30.7. The summed E-state index contributed by atoms with van der Waals surface area (Å²) in [5, 5.41) is 11.1. The third kappa shape index (κ3) is 5.31. The van der Waals surface area contributed by atoms with E-state index in [9.17, 15) is 14.0 Å². The highest BCUT2D eigenvalue weighted by Crippen LogP contribution is 2.36. The van der Waals surface area contributed by atoms with Crippen LogP contribution >= 0.6 is 11.8 Å². The van der Waals surface area contributed by atoms with Gasteiger partial charge >= 0.3 is 0 Å². The van der Waals surface area contributed by atoms with Crippen LogP contribution in [0, 0.1) is 12.7 Å². The van der Waals surface area contributed by atoms with E-state index in [0.717, 1.165) is 5.56 Å². The Hall–Kier alpha value is -4.24.